The Kier molecular flexibility index (Phi) is 17.8. The molecule has 0 aliphatic heterocycles. The molecule has 0 fully saturated rings. The second-order valence-electron chi connectivity index (χ2n) is 10.7. The molecule has 0 saturated heterocycles. The van der Waals surface area contributed by atoms with Crippen molar-refractivity contribution in [2.75, 3.05) is 13.2 Å². The van der Waals surface area contributed by atoms with Crippen molar-refractivity contribution in [2.24, 2.45) is 0 Å². The lowest BCUT2D eigenvalue weighted by molar-refractivity contribution is 0.285. The van der Waals surface area contributed by atoms with E-state index in [1.165, 1.54) is 89.9 Å². The Hall–Kier alpha value is -2.56. The third-order valence-corrected chi connectivity index (χ3v) is 7.11. The van der Waals surface area contributed by atoms with Crippen LogP contribution in [-0.4, -0.2) is 23.4 Å². The molecule has 5 nitrogen and oxygen atoms in total. The highest BCUT2D eigenvalue weighted by molar-refractivity contribution is 5.48. The topological polar surface area (TPSA) is 68.2 Å². The molecule has 0 heterocycles. The molecule has 0 spiro atoms. The van der Waals surface area contributed by atoms with Crippen LogP contribution in [0.25, 0.3) is 0 Å². The normalized spacial score (nSPS) is 11.0. The van der Waals surface area contributed by atoms with Crippen LogP contribution >= 0.6 is 0 Å². The Bertz CT molecular complexity index is 810. The molecule has 0 saturated carbocycles. The van der Waals surface area contributed by atoms with Crippen molar-refractivity contribution >= 4 is 0 Å². The quantitative estimate of drug-likeness (QED) is 0.129. The summed E-state index contributed by atoms with van der Waals surface area (Å²) in [6, 6.07) is 10.00. The number of unbranched alkanes of at least 4 members (excludes halogenated alkanes) is 16. The number of hydrogen-bond donors (Lipinski definition) is 2. The molecule has 0 amide bonds. The molecule has 0 unspecified atom stereocenters. The highest BCUT2D eigenvalue weighted by Gasteiger charge is 2.09. The summed E-state index contributed by atoms with van der Waals surface area (Å²) in [5, 5.41) is 20.4. The Morgan fingerprint density at radius 3 is 1.15 bits per heavy atom. The molecule has 2 aromatic rings. The van der Waals surface area contributed by atoms with Crippen molar-refractivity contribution in [1.29, 1.82) is 0 Å². The fraction of sp³-hybridized carbons (Fsp3) is 0.647. The predicted octanol–water partition coefficient (Wildman–Crippen LogP) is 10.7. The Morgan fingerprint density at radius 2 is 0.795 bits per heavy atom. The zero-order valence-corrected chi connectivity index (χ0v) is 24.7. The van der Waals surface area contributed by atoms with E-state index >= 15 is 0 Å². The van der Waals surface area contributed by atoms with E-state index in [1.807, 2.05) is 0 Å². The van der Waals surface area contributed by atoms with Crippen molar-refractivity contribution in [2.45, 2.75) is 129 Å². The summed E-state index contributed by atoms with van der Waals surface area (Å²) < 4.78 is 17.7. The van der Waals surface area contributed by atoms with E-state index in [0.29, 0.717) is 36.2 Å². The number of aromatic hydroxyl groups is 2. The van der Waals surface area contributed by atoms with E-state index in [4.69, 9.17) is 14.2 Å². The molecular weight excluding hydrogens is 488 g/mol. The molecule has 0 aromatic heterocycles. The molecule has 2 aromatic carbocycles. The van der Waals surface area contributed by atoms with Crippen LogP contribution in [0.2, 0.25) is 0 Å². The Labute approximate surface area is 237 Å². The summed E-state index contributed by atoms with van der Waals surface area (Å²) >= 11 is 0. The smallest absolute Gasteiger partial charge is 0.164 e. The van der Waals surface area contributed by atoms with E-state index in [9.17, 15) is 10.2 Å². The van der Waals surface area contributed by atoms with Gasteiger partial charge in [-0.25, -0.2) is 0 Å². The van der Waals surface area contributed by atoms with Gasteiger partial charge in [0.25, 0.3) is 0 Å². The van der Waals surface area contributed by atoms with Crippen LogP contribution in [0.15, 0.2) is 36.4 Å². The molecule has 0 aliphatic carbocycles. The number of hydrogen-bond acceptors (Lipinski definition) is 5. The zero-order chi connectivity index (χ0) is 28.0. The summed E-state index contributed by atoms with van der Waals surface area (Å²) in [6.45, 7) is 5.64. The van der Waals surface area contributed by atoms with Crippen LogP contribution in [0.5, 0.6) is 34.5 Å². The van der Waals surface area contributed by atoms with Gasteiger partial charge < -0.3 is 24.4 Å². The molecule has 2 rings (SSSR count). The maximum atomic E-state index is 10.2. The van der Waals surface area contributed by atoms with Gasteiger partial charge in [0.05, 0.1) is 13.2 Å². The van der Waals surface area contributed by atoms with Crippen LogP contribution in [0.1, 0.15) is 129 Å². The molecule has 220 valence electrons. The molecule has 0 aliphatic rings. The van der Waals surface area contributed by atoms with E-state index < -0.39 is 0 Å². The first-order chi connectivity index (χ1) is 19.1. The minimum absolute atomic E-state index is 0.106. The molecular formula is C34H54O5. The average molecular weight is 543 g/mol. The van der Waals surface area contributed by atoms with Gasteiger partial charge in [0.15, 0.2) is 23.0 Å². The van der Waals surface area contributed by atoms with Gasteiger partial charge in [0, 0.05) is 12.1 Å². The monoisotopic (exact) mass is 542 g/mol. The van der Waals surface area contributed by atoms with Crippen molar-refractivity contribution in [1.82, 2.24) is 0 Å². The zero-order valence-electron chi connectivity index (χ0n) is 24.7. The first kappa shape index (κ1) is 32.7. The van der Waals surface area contributed by atoms with Gasteiger partial charge in [0.1, 0.15) is 11.5 Å². The van der Waals surface area contributed by atoms with Gasteiger partial charge in [-0.1, -0.05) is 117 Å². The Balaban J connectivity index is 1.69. The second-order valence-corrected chi connectivity index (χ2v) is 10.7. The molecule has 39 heavy (non-hydrogen) atoms. The SMILES string of the molecule is CCCCCCCCCCCOc1cc(Oc2ccc(O)c(OCCCCCCCCCCC)c2)ccc1O. The number of phenols is 2. The Morgan fingerprint density at radius 1 is 0.462 bits per heavy atom. The molecule has 5 heteroatoms. The van der Waals surface area contributed by atoms with Gasteiger partial charge in [-0.2, -0.15) is 0 Å². The lowest BCUT2D eigenvalue weighted by Gasteiger charge is -2.13. The van der Waals surface area contributed by atoms with E-state index in [2.05, 4.69) is 13.8 Å². The van der Waals surface area contributed by atoms with Crippen molar-refractivity contribution in [3.8, 4) is 34.5 Å². The lowest BCUT2D eigenvalue weighted by atomic mass is 10.1. The standard InChI is InChI=1S/C34H54O5/c1-3-5-7-9-11-13-15-17-19-25-37-33-27-29(21-23-31(33)35)39-30-22-24-32(36)34(28-30)38-26-20-18-16-14-12-10-8-6-4-2/h21-24,27-28,35-36H,3-20,25-26H2,1-2H3. The van der Waals surface area contributed by atoms with Gasteiger partial charge in [-0.3, -0.25) is 0 Å². The summed E-state index contributed by atoms with van der Waals surface area (Å²) in [5.41, 5.74) is 0. The second kappa shape index (κ2) is 21.3. The maximum Gasteiger partial charge on any atom is 0.164 e. The van der Waals surface area contributed by atoms with Crippen molar-refractivity contribution < 1.29 is 24.4 Å². The van der Waals surface area contributed by atoms with Crippen molar-refractivity contribution in [3.63, 3.8) is 0 Å². The summed E-state index contributed by atoms with van der Waals surface area (Å²) in [7, 11) is 0. The predicted molar refractivity (Wildman–Crippen MR) is 162 cm³/mol. The maximum absolute atomic E-state index is 10.2. The third-order valence-electron chi connectivity index (χ3n) is 7.11. The van der Waals surface area contributed by atoms with E-state index in [1.54, 1.807) is 36.4 Å². The summed E-state index contributed by atoms with van der Waals surface area (Å²) in [6.07, 6.45) is 22.6. The minimum Gasteiger partial charge on any atom is -0.504 e. The van der Waals surface area contributed by atoms with Gasteiger partial charge >= 0.3 is 0 Å². The molecule has 0 atom stereocenters. The largest absolute Gasteiger partial charge is 0.504 e. The van der Waals surface area contributed by atoms with Crippen LogP contribution in [-0.2, 0) is 0 Å². The molecule has 2 N–H and O–H groups in total. The van der Waals surface area contributed by atoms with Gasteiger partial charge in [0.2, 0.25) is 0 Å². The fourth-order valence-electron chi connectivity index (χ4n) is 4.67. The fourth-order valence-corrected chi connectivity index (χ4v) is 4.67. The highest BCUT2D eigenvalue weighted by atomic mass is 16.5. The van der Waals surface area contributed by atoms with Crippen LogP contribution in [0, 0.1) is 0 Å². The van der Waals surface area contributed by atoms with Crippen LogP contribution in [0.4, 0.5) is 0 Å². The number of ether oxygens (including phenoxy) is 3. The third kappa shape index (κ3) is 15.0. The summed E-state index contributed by atoms with van der Waals surface area (Å²) in [4.78, 5) is 0. The van der Waals surface area contributed by atoms with Gasteiger partial charge in [-0.15, -0.1) is 0 Å². The lowest BCUT2D eigenvalue weighted by Crippen LogP contribution is -1.99. The highest BCUT2D eigenvalue weighted by Crippen LogP contribution is 2.36. The van der Waals surface area contributed by atoms with E-state index in [0.717, 1.165) is 25.7 Å². The first-order valence-electron chi connectivity index (χ1n) is 15.7. The average Bonchev–Trinajstić information content (AvgIpc) is 2.94. The van der Waals surface area contributed by atoms with Crippen molar-refractivity contribution in [3.05, 3.63) is 36.4 Å². The summed E-state index contributed by atoms with van der Waals surface area (Å²) in [5.74, 6) is 2.18. The number of benzene rings is 2. The van der Waals surface area contributed by atoms with Crippen LogP contribution in [0.3, 0.4) is 0 Å². The minimum atomic E-state index is 0.106. The van der Waals surface area contributed by atoms with Crippen LogP contribution < -0.4 is 14.2 Å². The first-order valence-corrected chi connectivity index (χ1v) is 15.7. The number of phenolic OH excluding ortho intramolecular Hbond substituents is 2. The van der Waals surface area contributed by atoms with Gasteiger partial charge in [-0.05, 0) is 37.1 Å². The number of rotatable bonds is 24. The van der Waals surface area contributed by atoms with E-state index in [-0.39, 0.29) is 11.5 Å². The molecule has 0 radical (unpaired) electrons. The molecule has 0 bridgehead atoms.